The molecule has 80 valence electrons. The summed E-state index contributed by atoms with van der Waals surface area (Å²) >= 11 is 5.66. The summed E-state index contributed by atoms with van der Waals surface area (Å²) in [6, 6.07) is 2.99. The van der Waals surface area contributed by atoms with Crippen molar-refractivity contribution in [2.24, 2.45) is 5.92 Å². The molecule has 1 amide bonds. The van der Waals surface area contributed by atoms with Crippen LogP contribution >= 0.6 is 11.6 Å². The minimum Gasteiger partial charge on any atom is -0.481 e. The monoisotopic (exact) mass is 228 g/mol. The average Bonchev–Trinajstić information content (AvgIpc) is 2.16. The standard InChI is InChI=1S/C9H9ClN2O3/c1-5(9(14)15)8(13)12-7-4-6(10)2-3-11-7/h2-5H,1H3,(H,14,15)(H,11,12,13). The minimum atomic E-state index is -1.19. The third-order valence-electron chi connectivity index (χ3n) is 1.74. The van der Waals surface area contributed by atoms with Gasteiger partial charge in [0.05, 0.1) is 0 Å². The van der Waals surface area contributed by atoms with Crippen LogP contribution < -0.4 is 5.32 Å². The summed E-state index contributed by atoms with van der Waals surface area (Å²) in [4.78, 5) is 25.6. The predicted octanol–water partition coefficient (Wildman–Crippen LogP) is 1.39. The van der Waals surface area contributed by atoms with Crippen LogP contribution in [-0.2, 0) is 9.59 Å². The van der Waals surface area contributed by atoms with Crippen LogP contribution in [0.1, 0.15) is 6.92 Å². The van der Waals surface area contributed by atoms with Gasteiger partial charge in [-0.3, -0.25) is 9.59 Å². The summed E-state index contributed by atoms with van der Waals surface area (Å²) in [5.74, 6) is -2.70. The highest BCUT2D eigenvalue weighted by molar-refractivity contribution is 6.30. The van der Waals surface area contributed by atoms with Gasteiger partial charge in [0.25, 0.3) is 0 Å². The molecule has 0 fully saturated rings. The van der Waals surface area contributed by atoms with Gasteiger partial charge in [-0.2, -0.15) is 0 Å². The topological polar surface area (TPSA) is 79.3 Å². The number of nitrogens with zero attached hydrogens (tertiary/aromatic N) is 1. The van der Waals surface area contributed by atoms with E-state index in [0.717, 1.165) is 0 Å². The number of carbonyl (C=O) groups excluding carboxylic acids is 1. The smallest absolute Gasteiger partial charge is 0.315 e. The van der Waals surface area contributed by atoms with Gasteiger partial charge in [-0.1, -0.05) is 11.6 Å². The van der Waals surface area contributed by atoms with Crippen molar-refractivity contribution in [2.75, 3.05) is 5.32 Å². The van der Waals surface area contributed by atoms with Crippen LogP contribution in [0.3, 0.4) is 0 Å². The Hall–Kier alpha value is -1.62. The highest BCUT2D eigenvalue weighted by Gasteiger charge is 2.20. The lowest BCUT2D eigenvalue weighted by Gasteiger charge is -2.07. The zero-order valence-electron chi connectivity index (χ0n) is 7.90. The van der Waals surface area contributed by atoms with E-state index in [1.807, 2.05) is 0 Å². The van der Waals surface area contributed by atoms with Crippen molar-refractivity contribution >= 4 is 29.3 Å². The van der Waals surface area contributed by atoms with E-state index >= 15 is 0 Å². The van der Waals surface area contributed by atoms with Crippen LogP contribution in [-0.4, -0.2) is 22.0 Å². The van der Waals surface area contributed by atoms with Crippen LogP contribution in [0, 0.1) is 5.92 Å². The molecule has 6 heteroatoms. The Morgan fingerprint density at radius 2 is 2.27 bits per heavy atom. The van der Waals surface area contributed by atoms with E-state index in [4.69, 9.17) is 16.7 Å². The fourth-order valence-electron chi connectivity index (χ4n) is 0.820. The molecule has 0 saturated heterocycles. The van der Waals surface area contributed by atoms with Gasteiger partial charge < -0.3 is 10.4 Å². The average molecular weight is 229 g/mol. The number of hydrogen-bond donors (Lipinski definition) is 2. The molecule has 0 aromatic carbocycles. The number of amides is 1. The number of carboxylic acid groups (broad SMARTS) is 1. The third-order valence-corrected chi connectivity index (χ3v) is 1.97. The summed E-state index contributed by atoms with van der Waals surface area (Å²) in [6.07, 6.45) is 1.42. The number of anilines is 1. The van der Waals surface area contributed by atoms with Crippen molar-refractivity contribution in [3.63, 3.8) is 0 Å². The molecule has 0 bridgehead atoms. The first-order valence-corrected chi connectivity index (χ1v) is 4.53. The molecule has 15 heavy (non-hydrogen) atoms. The number of carboxylic acids is 1. The second kappa shape index (κ2) is 4.75. The molecule has 0 spiro atoms. The predicted molar refractivity (Wildman–Crippen MR) is 54.7 cm³/mol. The molecule has 1 aromatic heterocycles. The molecule has 2 N–H and O–H groups in total. The zero-order valence-corrected chi connectivity index (χ0v) is 8.65. The van der Waals surface area contributed by atoms with Crippen molar-refractivity contribution in [3.8, 4) is 0 Å². The van der Waals surface area contributed by atoms with Crippen LogP contribution in [0.25, 0.3) is 0 Å². The van der Waals surface area contributed by atoms with E-state index in [1.54, 1.807) is 6.07 Å². The summed E-state index contributed by atoms with van der Waals surface area (Å²) in [7, 11) is 0. The van der Waals surface area contributed by atoms with Gasteiger partial charge >= 0.3 is 5.97 Å². The van der Waals surface area contributed by atoms with Crippen LogP contribution in [0.5, 0.6) is 0 Å². The largest absolute Gasteiger partial charge is 0.481 e. The Labute approximate surface area is 91.1 Å². The lowest BCUT2D eigenvalue weighted by atomic mass is 10.2. The molecule has 1 heterocycles. The molecule has 1 atom stereocenters. The van der Waals surface area contributed by atoms with Gasteiger partial charge in [0.2, 0.25) is 5.91 Å². The first-order valence-electron chi connectivity index (χ1n) is 4.16. The highest BCUT2D eigenvalue weighted by atomic mass is 35.5. The van der Waals surface area contributed by atoms with Crippen molar-refractivity contribution < 1.29 is 14.7 Å². The lowest BCUT2D eigenvalue weighted by Crippen LogP contribution is -2.27. The molecule has 1 unspecified atom stereocenters. The SMILES string of the molecule is CC(C(=O)O)C(=O)Nc1cc(Cl)ccn1. The van der Waals surface area contributed by atoms with Gasteiger partial charge in [0.1, 0.15) is 11.7 Å². The van der Waals surface area contributed by atoms with Crippen LogP contribution in [0.2, 0.25) is 5.02 Å². The number of rotatable bonds is 3. The van der Waals surface area contributed by atoms with Crippen molar-refractivity contribution in [1.29, 1.82) is 0 Å². The number of pyridine rings is 1. The number of carbonyl (C=O) groups is 2. The maximum atomic E-state index is 11.3. The van der Waals surface area contributed by atoms with E-state index in [1.165, 1.54) is 19.2 Å². The second-order valence-corrected chi connectivity index (χ2v) is 3.34. The van der Waals surface area contributed by atoms with E-state index in [-0.39, 0.29) is 5.82 Å². The number of aromatic nitrogens is 1. The van der Waals surface area contributed by atoms with Gasteiger partial charge in [0.15, 0.2) is 0 Å². The molecule has 0 aliphatic carbocycles. The normalized spacial score (nSPS) is 11.9. The van der Waals surface area contributed by atoms with E-state index in [2.05, 4.69) is 10.3 Å². The molecule has 0 radical (unpaired) electrons. The van der Waals surface area contributed by atoms with Gasteiger partial charge in [-0.25, -0.2) is 4.98 Å². The van der Waals surface area contributed by atoms with E-state index in [9.17, 15) is 9.59 Å². The summed E-state index contributed by atoms with van der Waals surface area (Å²) < 4.78 is 0. The quantitative estimate of drug-likeness (QED) is 0.767. The Bertz CT molecular complexity index is 395. The first-order chi connectivity index (χ1) is 7.00. The number of hydrogen-bond acceptors (Lipinski definition) is 3. The molecule has 0 aliphatic heterocycles. The Balaban J connectivity index is 2.70. The zero-order chi connectivity index (χ0) is 11.4. The van der Waals surface area contributed by atoms with E-state index < -0.39 is 17.8 Å². The number of nitrogens with one attached hydrogen (secondary N) is 1. The van der Waals surface area contributed by atoms with E-state index in [0.29, 0.717) is 5.02 Å². The molecule has 0 saturated carbocycles. The second-order valence-electron chi connectivity index (χ2n) is 2.91. The number of aliphatic carboxylic acids is 1. The molecule has 0 aliphatic rings. The van der Waals surface area contributed by atoms with Crippen LogP contribution in [0.15, 0.2) is 18.3 Å². The summed E-state index contributed by atoms with van der Waals surface area (Å²) in [5.41, 5.74) is 0. The maximum absolute atomic E-state index is 11.3. The lowest BCUT2D eigenvalue weighted by molar-refractivity contribution is -0.144. The summed E-state index contributed by atoms with van der Waals surface area (Å²) in [6.45, 7) is 1.29. The molecule has 1 rings (SSSR count). The van der Waals surface area contributed by atoms with Crippen molar-refractivity contribution in [3.05, 3.63) is 23.4 Å². The Morgan fingerprint density at radius 3 is 2.80 bits per heavy atom. The fraction of sp³-hybridized carbons (Fsp3) is 0.222. The molecular weight excluding hydrogens is 220 g/mol. The molecule has 1 aromatic rings. The van der Waals surface area contributed by atoms with Crippen molar-refractivity contribution in [1.82, 2.24) is 4.98 Å². The third kappa shape index (κ3) is 3.21. The van der Waals surface area contributed by atoms with Gasteiger partial charge in [-0.05, 0) is 19.1 Å². The van der Waals surface area contributed by atoms with Crippen molar-refractivity contribution in [2.45, 2.75) is 6.92 Å². The Morgan fingerprint density at radius 1 is 1.60 bits per heavy atom. The molecule has 5 nitrogen and oxygen atoms in total. The number of halogens is 1. The van der Waals surface area contributed by atoms with Gasteiger partial charge in [0, 0.05) is 11.2 Å². The Kier molecular flexibility index (Phi) is 3.62. The minimum absolute atomic E-state index is 0.237. The van der Waals surface area contributed by atoms with Gasteiger partial charge in [-0.15, -0.1) is 0 Å². The fourth-order valence-corrected chi connectivity index (χ4v) is 0.979. The first kappa shape index (κ1) is 11.5. The molecular formula is C9H9ClN2O3. The summed E-state index contributed by atoms with van der Waals surface area (Å²) in [5, 5.41) is 11.3. The highest BCUT2D eigenvalue weighted by Crippen LogP contribution is 2.12. The van der Waals surface area contributed by atoms with Crippen LogP contribution in [0.4, 0.5) is 5.82 Å². The maximum Gasteiger partial charge on any atom is 0.315 e.